The van der Waals surface area contributed by atoms with E-state index in [1.807, 2.05) is 6.92 Å². The van der Waals surface area contributed by atoms with E-state index in [0.717, 1.165) is 1640 Å². The predicted octanol–water partition coefficient (Wildman–Crippen LogP) is -29.6. The van der Waals surface area contributed by atoms with Crippen LogP contribution < -0.4 is 470 Å². The van der Waals surface area contributed by atoms with Gasteiger partial charge in [0, 0.05) is 18.5 Å². The molecule has 70 heteroatoms. The maximum atomic E-state index is 12.1. The quantitative estimate of drug-likeness (QED) is 0.0844. The molecule has 0 aromatic heterocycles. The van der Waals surface area contributed by atoms with Gasteiger partial charge in [0.25, 0.3) is 10.1 Å². The Morgan fingerprint density at radius 2 is 0.547 bits per heavy atom. The first-order chi connectivity index (χ1) is 45.6. The standard InChI is InChI=1S/C31H26N8O5S.5CH3.56Rb.3H/c1-19-4-14-26-20(16-19)17-29(45(41,42)43)30(31(26)40)39-38-27-15-13-25(18-28(27)44-3)37-36-24-11-9-23(10-12-24)35-34-22-7-5-21(6-8-22)33-32-2;;;;;;;;;;;;;;;;;;;;;;;;;;;;;;;;;;;;;;;;;;;;;;;;;;;;;;;;;;;;;;;;/h4-18,40H,1-3H3,(H,41,42,43);5*1H3;;;;;;;;;;;;;;;;;;;;;;;;;;;;;;;;;;;;;;;;;;;;;;;;;;;;;;;;;;;/q;5*-1;;;;;;;;;;;;;;;;;;;;;;;;;;;;;;;;;;;;;;;;;;;;;;;;;8*+1;3*-1. The van der Waals surface area contributed by atoms with Crippen LogP contribution in [0.15, 0.2) is 137 Å². The molecule has 0 saturated carbocycles. The number of hydrogen-bond acceptors (Lipinski definition) is 12. The molecule has 320 valence electrons. The molecule has 13 nitrogen and oxygen atoms in total. The molecule has 0 radical (unpaired) electrons. The van der Waals surface area contributed by atoms with Crippen molar-refractivity contribution in [1.29, 1.82) is 0 Å². The van der Waals surface area contributed by atoms with Crippen molar-refractivity contribution in [3.05, 3.63) is 134 Å². The SMILES string of the molecule is CN=Nc1ccc(N=Nc2ccc(N=Nc3ccc(N=Nc4c(S(=O)(=O)O)cc5cc(C)ccc5c4O)c(OC)c3)cc2)cc1.[CH3-].[CH3-].[CH3-].[CH3-].[CH3-].[H-].[H-].[H-].[Rb+].[Rb+].[Rb+].[Rb+].[Rb+].[Rb+].[Rb+].[Rb+].[Rb][Rb].[Rb][Rb].[Rb][Rb].[Rb][Rb].[Rb][Rb].[Rb][Rb].[Rb][Rb].[Rb][Rb].[Rb][Rb].[Rb][Rb].[Rb][Rb].[Rb][Rb].[Rb][Rb].[Rb][Rb].[Rb][Rb].[Rb][Rb].[Rb][Rb].[Rb][Rb].[Rb][Rb].[Rb][Rb].[Rb][Rb].[Rb][Rb].[Rb][Rb].[Rb][Rb]. The third kappa shape index (κ3) is 233. The number of methoxy groups -OCH3 is 1. The van der Waals surface area contributed by atoms with Gasteiger partial charge >= 0.3 is 2090 Å². The molecule has 0 aliphatic heterocycles. The van der Waals surface area contributed by atoms with Gasteiger partial charge in [0.05, 0.1) is 35.5 Å². The molecule has 0 amide bonds. The zero-order chi connectivity index (χ0) is 80.0. The van der Waals surface area contributed by atoms with Crippen molar-refractivity contribution in [2.75, 3.05) is 14.2 Å². The second-order valence-electron chi connectivity index (χ2n) is 9.56. The summed E-state index contributed by atoms with van der Waals surface area (Å²) in [5, 5.41) is 44.3. The molecule has 106 heavy (non-hydrogen) atoms. The van der Waals surface area contributed by atoms with Crippen molar-refractivity contribution in [3.63, 3.8) is 0 Å². The van der Waals surface area contributed by atoms with Gasteiger partial charge in [0.15, 0.2) is 5.75 Å². The molecule has 5 aromatic carbocycles. The summed E-state index contributed by atoms with van der Waals surface area (Å²) in [4.78, 5) is -0.576. The Hall–Kier alpha value is 95.4. The molecule has 0 saturated heterocycles. The number of azo groups is 4. The van der Waals surface area contributed by atoms with E-state index in [1.54, 1.807) is 92.0 Å². The Bertz CT molecular complexity index is 2220. The first-order valence-electron chi connectivity index (χ1n) is 37.3. The van der Waals surface area contributed by atoms with E-state index in [2.05, 4.69) is 40.9 Å². The summed E-state index contributed by atoms with van der Waals surface area (Å²) in [6.45, 7) is 1.82. The second-order valence-corrected chi connectivity index (χ2v) is 11.0. The fourth-order valence-electron chi connectivity index (χ4n) is 4.20. The number of rotatable bonds is 9. The molecule has 0 heterocycles. The Balaban J connectivity index is -0.0000000213. The normalized spacial score (nSPS) is 7.06. The molecule has 0 bridgehead atoms. The monoisotopic (exact) mass is 5460 g/mol. The third-order valence-electron chi connectivity index (χ3n) is 6.38. The fourth-order valence-corrected chi connectivity index (χ4v) is 4.86. The van der Waals surface area contributed by atoms with Crippen molar-refractivity contribution in [1.82, 2.24) is 0 Å². The van der Waals surface area contributed by atoms with E-state index in [0.29, 0.717) is 33.5 Å². The first-order valence-corrected chi connectivity index (χ1v) is 855. The minimum absolute atomic E-state index is 0. The number of nitrogens with zero attached hydrogens (tertiary/aromatic N) is 8. The van der Waals surface area contributed by atoms with E-state index < -0.39 is 26.5 Å². The molecule has 0 spiro atoms. The average molecular weight is 5490 g/mol. The summed E-state index contributed by atoms with van der Waals surface area (Å²) in [5.74, 6) is -0.171. The number of benzene rings is 5. The third-order valence-corrected chi connectivity index (χ3v) is 7.25. The van der Waals surface area contributed by atoms with Crippen molar-refractivity contribution < 1.29 is 493 Å². The van der Waals surface area contributed by atoms with Crippen LogP contribution in [-0.4, -0.2) is 1660 Å². The first kappa shape index (κ1) is 285. The van der Waals surface area contributed by atoms with Gasteiger partial charge in [-0.1, -0.05) is 23.8 Å². The molecule has 5 aromatic rings. The Morgan fingerprint density at radius 3 is 0.774 bits per heavy atom. The van der Waals surface area contributed by atoms with Crippen LogP contribution in [0, 0.1) is 44.1 Å². The van der Waals surface area contributed by atoms with E-state index >= 15 is 0 Å². The van der Waals surface area contributed by atoms with Crippen LogP contribution in [0.1, 0.15) is 9.84 Å². The number of hydrogen-bond donors (Lipinski definition) is 2. The molecule has 0 aliphatic rings. The summed E-state index contributed by atoms with van der Waals surface area (Å²) in [7, 11) is -1.70. The summed E-state index contributed by atoms with van der Waals surface area (Å²) >= 11 is 55.7. The van der Waals surface area contributed by atoms with Crippen molar-refractivity contribution in [2.24, 2.45) is 40.9 Å². The Morgan fingerprint density at radius 1 is 0.321 bits per heavy atom. The van der Waals surface area contributed by atoms with Gasteiger partial charge < -0.3 is 51.3 Å². The molecule has 0 aliphatic carbocycles. The van der Waals surface area contributed by atoms with Crippen LogP contribution in [-0.2, 0) is 10.1 Å². The summed E-state index contributed by atoms with van der Waals surface area (Å²) in [6, 6.07) is 25.2. The predicted molar refractivity (Wildman–Crippen MR) is 481 cm³/mol. The number of phenols is 1. The van der Waals surface area contributed by atoms with E-state index in [-0.39, 0.29) is 518 Å². The summed E-state index contributed by atoms with van der Waals surface area (Å²) in [6.07, 6.45) is 0. The van der Waals surface area contributed by atoms with Crippen LogP contribution in [0.2, 0.25) is 0 Å². The van der Waals surface area contributed by atoms with E-state index in [9.17, 15) is 18.1 Å². The molecular formula is C36H44N8O5Rb56S. The average Bonchev–Trinajstić information content (AvgIpc) is 0.772. The van der Waals surface area contributed by atoms with Gasteiger partial charge in [-0.15, -0.1) is 10.2 Å². The molecule has 0 fully saturated rings. The zero-order valence-electron chi connectivity index (χ0n) is 88.3. The molecule has 0 unspecified atom stereocenters. The molecular weight excluding hydrogens is 5440 g/mol. The van der Waals surface area contributed by atoms with Gasteiger partial charge in [0.1, 0.15) is 22.0 Å². The van der Waals surface area contributed by atoms with Crippen molar-refractivity contribution in [2.45, 2.75) is 11.8 Å². The molecule has 5 rings (SSSR count). The van der Waals surface area contributed by atoms with Crippen LogP contribution in [0.5, 0.6) is 11.5 Å². The van der Waals surface area contributed by atoms with E-state index in [4.69, 9.17) is 4.74 Å². The fraction of sp³-hybridized carbons (Fsp3) is 0.0833. The van der Waals surface area contributed by atoms with Gasteiger partial charge in [0.2, 0.25) is 0 Å². The summed E-state index contributed by atoms with van der Waals surface area (Å²) in [5.41, 5.74) is 3.72. The molecule has 2 N–H and O–H groups in total. The van der Waals surface area contributed by atoms with Crippen LogP contribution in [0.4, 0.5) is 39.8 Å². The van der Waals surface area contributed by atoms with Gasteiger partial charge in [-0.05, 0) is 79.0 Å². The maximum absolute atomic E-state index is 12.1. The number of ether oxygens (including phenoxy) is 1. The van der Waals surface area contributed by atoms with Crippen molar-refractivity contribution in [3.8, 4) is 11.5 Å². The van der Waals surface area contributed by atoms with Crippen LogP contribution in [0.25, 0.3) is 10.8 Å². The van der Waals surface area contributed by atoms with Gasteiger partial charge in [-0.3, -0.25) is 4.55 Å². The Labute approximate surface area is 2230 Å². The second kappa shape index (κ2) is 295. The van der Waals surface area contributed by atoms with Crippen LogP contribution in [0.3, 0.4) is 0 Å². The topological polar surface area (TPSA) is 183 Å². The molecule has 0 atom stereocenters. The number of phenolic OH excluding ortho intramolecular Hbond substituents is 1. The van der Waals surface area contributed by atoms with Gasteiger partial charge in [-0.25, -0.2) is 0 Å². The Kier molecular flexibility index (Phi) is 793. The number of aromatic hydroxyl groups is 1. The van der Waals surface area contributed by atoms with Crippen molar-refractivity contribution >= 4 is 1690 Å². The van der Waals surface area contributed by atoms with Crippen LogP contribution >= 0.6 is 0 Å². The minimum atomic E-state index is -4.73. The summed E-state index contributed by atoms with van der Waals surface area (Å²) < 4.78 is 39.5. The number of aryl methyl sites for hydroxylation is 1. The zero-order valence-corrected chi connectivity index (χ0v) is 361. The van der Waals surface area contributed by atoms with Gasteiger partial charge in [-0.2, -0.15) is 39.1 Å². The number of fused-ring (bicyclic) bond motifs is 1. The van der Waals surface area contributed by atoms with E-state index in [1.165, 1.54) is 13.2 Å².